The molecule has 0 atom stereocenters. The van der Waals surface area contributed by atoms with Crippen molar-refractivity contribution in [1.29, 1.82) is 0 Å². The van der Waals surface area contributed by atoms with E-state index in [2.05, 4.69) is 15.0 Å². The molecular formula is C19H19F3N6OS. The van der Waals surface area contributed by atoms with E-state index in [0.29, 0.717) is 34.2 Å². The molecule has 0 saturated carbocycles. The third-order valence-electron chi connectivity index (χ3n) is 4.34. The Morgan fingerprint density at radius 1 is 1.10 bits per heavy atom. The molecule has 0 amide bonds. The first kappa shape index (κ1) is 21.6. The SMILES string of the molecule is Cc1cc(C(=O)CSCc2nc(N)nc(N)n2)c(C)n1-c1cccc(C(F)(F)F)c1. The quantitative estimate of drug-likeness (QED) is 0.568. The highest BCUT2D eigenvalue weighted by molar-refractivity contribution is 7.99. The van der Waals surface area contributed by atoms with Crippen molar-refractivity contribution in [2.24, 2.45) is 0 Å². The van der Waals surface area contributed by atoms with Gasteiger partial charge in [-0.05, 0) is 38.1 Å². The van der Waals surface area contributed by atoms with Crippen LogP contribution in [0.5, 0.6) is 0 Å². The van der Waals surface area contributed by atoms with Crippen molar-refractivity contribution in [3.8, 4) is 5.69 Å². The molecule has 4 N–H and O–H groups in total. The van der Waals surface area contributed by atoms with Gasteiger partial charge in [0.2, 0.25) is 11.9 Å². The number of Topliss-reactive ketones (excluding diaryl/α,β-unsaturated/α-hetero) is 1. The molecule has 3 rings (SSSR count). The highest BCUT2D eigenvalue weighted by Gasteiger charge is 2.30. The van der Waals surface area contributed by atoms with Gasteiger partial charge in [-0.25, -0.2) is 0 Å². The number of rotatable bonds is 6. The van der Waals surface area contributed by atoms with Crippen LogP contribution in [0.2, 0.25) is 0 Å². The van der Waals surface area contributed by atoms with Gasteiger partial charge in [0.1, 0.15) is 5.82 Å². The average Bonchev–Trinajstić information content (AvgIpc) is 2.94. The maximum atomic E-state index is 13.1. The highest BCUT2D eigenvalue weighted by Crippen LogP contribution is 2.31. The van der Waals surface area contributed by atoms with Gasteiger partial charge in [-0.15, -0.1) is 11.8 Å². The molecule has 30 heavy (non-hydrogen) atoms. The molecule has 0 aliphatic heterocycles. The van der Waals surface area contributed by atoms with Crippen LogP contribution in [0.15, 0.2) is 30.3 Å². The molecule has 0 fully saturated rings. The van der Waals surface area contributed by atoms with Crippen molar-refractivity contribution in [2.75, 3.05) is 17.2 Å². The third kappa shape index (κ3) is 4.73. The van der Waals surface area contributed by atoms with Crippen molar-refractivity contribution in [1.82, 2.24) is 19.5 Å². The minimum absolute atomic E-state index is 0.00839. The topological polar surface area (TPSA) is 113 Å². The summed E-state index contributed by atoms with van der Waals surface area (Å²) in [5.74, 6) is 0.685. The Bertz CT molecular complexity index is 1080. The Kier molecular flexibility index (Phi) is 6.01. The molecule has 0 aliphatic carbocycles. The fraction of sp³-hybridized carbons (Fsp3) is 0.263. The first-order chi connectivity index (χ1) is 14.1. The number of carbonyl (C=O) groups excluding carboxylic acids is 1. The van der Waals surface area contributed by atoms with Gasteiger partial charge in [-0.2, -0.15) is 28.1 Å². The fourth-order valence-electron chi connectivity index (χ4n) is 3.10. The number of halogens is 3. The van der Waals surface area contributed by atoms with Gasteiger partial charge < -0.3 is 16.0 Å². The normalized spacial score (nSPS) is 11.6. The molecule has 0 saturated heterocycles. The van der Waals surface area contributed by atoms with E-state index in [9.17, 15) is 18.0 Å². The number of ketones is 1. The number of aryl methyl sites for hydroxylation is 1. The Morgan fingerprint density at radius 2 is 1.77 bits per heavy atom. The number of anilines is 2. The number of benzene rings is 1. The predicted octanol–water partition coefficient (Wildman–Crippen LogP) is 3.58. The van der Waals surface area contributed by atoms with Gasteiger partial charge in [0.05, 0.1) is 17.1 Å². The molecule has 158 valence electrons. The molecule has 0 aliphatic rings. The standard InChI is InChI=1S/C19H19F3N6OS/c1-10-6-14(15(29)8-30-9-16-25-17(23)27-18(24)26-16)11(2)28(10)13-5-3-4-12(7-13)19(20,21)22/h3-7H,8-9H2,1-2H3,(H4,23,24,25,26,27). The number of nitrogens with zero attached hydrogens (tertiary/aromatic N) is 4. The maximum absolute atomic E-state index is 13.1. The first-order valence-corrected chi connectivity index (χ1v) is 9.95. The second-order valence-corrected chi connectivity index (χ2v) is 7.54. The summed E-state index contributed by atoms with van der Waals surface area (Å²) < 4.78 is 40.8. The van der Waals surface area contributed by atoms with Crippen molar-refractivity contribution in [3.63, 3.8) is 0 Å². The Balaban J connectivity index is 1.77. The van der Waals surface area contributed by atoms with Crippen LogP contribution in [-0.2, 0) is 11.9 Å². The number of hydrogen-bond acceptors (Lipinski definition) is 7. The number of nitrogens with two attached hydrogens (primary N) is 2. The van der Waals surface area contributed by atoms with Gasteiger partial charge in [-0.3, -0.25) is 4.79 Å². The smallest absolute Gasteiger partial charge is 0.368 e. The van der Waals surface area contributed by atoms with Gasteiger partial charge in [-0.1, -0.05) is 6.07 Å². The van der Waals surface area contributed by atoms with Crippen LogP contribution in [-0.4, -0.2) is 31.1 Å². The second kappa shape index (κ2) is 8.34. The van der Waals surface area contributed by atoms with Gasteiger partial charge in [0, 0.05) is 22.6 Å². The van der Waals surface area contributed by atoms with E-state index in [1.54, 1.807) is 30.5 Å². The van der Waals surface area contributed by atoms with E-state index in [1.807, 2.05) is 0 Å². The minimum Gasteiger partial charge on any atom is -0.368 e. The molecule has 0 radical (unpaired) electrons. The lowest BCUT2D eigenvalue weighted by atomic mass is 10.1. The molecule has 7 nitrogen and oxygen atoms in total. The van der Waals surface area contributed by atoms with Crippen LogP contribution >= 0.6 is 11.8 Å². The maximum Gasteiger partial charge on any atom is 0.416 e. The monoisotopic (exact) mass is 436 g/mol. The van der Waals surface area contributed by atoms with Gasteiger partial charge in [0.15, 0.2) is 5.78 Å². The van der Waals surface area contributed by atoms with Crippen LogP contribution in [0.25, 0.3) is 5.69 Å². The van der Waals surface area contributed by atoms with Crippen LogP contribution in [0.3, 0.4) is 0 Å². The molecule has 2 aromatic heterocycles. The third-order valence-corrected chi connectivity index (χ3v) is 5.27. The van der Waals surface area contributed by atoms with Gasteiger partial charge >= 0.3 is 6.18 Å². The van der Waals surface area contributed by atoms with Crippen molar-refractivity contribution < 1.29 is 18.0 Å². The molecular weight excluding hydrogens is 417 g/mol. The first-order valence-electron chi connectivity index (χ1n) is 8.79. The number of carbonyl (C=O) groups is 1. The van der Waals surface area contributed by atoms with Crippen molar-refractivity contribution in [3.05, 3.63) is 58.7 Å². The number of aromatic nitrogens is 4. The molecule has 3 aromatic rings. The number of thioether (sulfide) groups is 1. The van der Waals surface area contributed by atoms with E-state index in [0.717, 1.165) is 12.1 Å². The predicted molar refractivity (Wildman–Crippen MR) is 109 cm³/mol. The summed E-state index contributed by atoms with van der Waals surface area (Å²) in [5.41, 5.74) is 12.3. The molecule has 11 heteroatoms. The largest absolute Gasteiger partial charge is 0.416 e. The Labute approximate surface area is 174 Å². The van der Waals surface area contributed by atoms with Crippen LogP contribution in [0.4, 0.5) is 25.1 Å². The molecule has 0 unspecified atom stereocenters. The summed E-state index contributed by atoms with van der Waals surface area (Å²) in [5, 5.41) is 0. The van der Waals surface area contributed by atoms with E-state index in [-0.39, 0.29) is 23.4 Å². The van der Waals surface area contributed by atoms with Crippen molar-refractivity contribution >= 4 is 29.4 Å². The highest BCUT2D eigenvalue weighted by atomic mass is 32.2. The summed E-state index contributed by atoms with van der Waals surface area (Å²) in [6.45, 7) is 3.45. The van der Waals surface area contributed by atoms with Gasteiger partial charge in [0.25, 0.3) is 0 Å². The average molecular weight is 436 g/mol. The number of alkyl halides is 3. The zero-order valence-corrected chi connectivity index (χ0v) is 17.0. The Hall–Kier alpha value is -3.08. The fourth-order valence-corrected chi connectivity index (χ4v) is 3.85. The lowest BCUT2D eigenvalue weighted by Gasteiger charge is -2.13. The second-order valence-electron chi connectivity index (χ2n) is 6.55. The lowest BCUT2D eigenvalue weighted by Crippen LogP contribution is -2.09. The van der Waals surface area contributed by atoms with E-state index < -0.39 is 11.7 Å². The Morgan fingerprint density at radius 3 is 2.40 bits per heavy atom. The van der Waals surface area contributed by atoms with Crippen LogP contribution in [0.1, 0.15) is 33.1 Å². The summed E-state index contributed by atoms with van der Waals surface area (Å²) in [7, 11) is 0. The van der Waals surface area contributed by atoms with E-state index in [4.69, 9.17) is 11.5 Å². The molecule has 0 bridgehead atoms. The zero-order valence-electron chi connectivity index (χ0n) is 16.2. The number of hydrogen-bond donors (Lipinski definition) is 2. The summed E-state index contributed by atoms with van der Waals surface area (Å²) in [4.78, 5) is 24.3. The summed E-state index contributed by atoms with van der Waals surface area (Å²) >= 11 is 1.28. The van der Waals surface area contributed by atoms with Crippen molar-refractivity contribution in [2.45, 2.75) is 25.8 Å². The zero-order chi connectivity index (χ0) is 22.1. The molecule has 0 spiro atoms. The van der Waals surface area contributed by atoms with Crippen LogP contribution < -0.4 is 11.5 Å². The van der Waals surface area contributed by atoms with E-state index >= 15 is 0 Å². The van der Waals surface area contributed by atoms with Crippen LogP contribution in [0, 0.1) is 13.8 Å². The minimum atomic E-state index is -4.44. The van der Waals surface area contributed by atoms with E-state index in [1.165, 1.54) is 17.8 Å². The lowest BCUT2D eigenvalue weighted by molar-refractivity contribution is -0.137. The number of nitrogen functional groups attached to an aromatic ring is 2. The molecule has 1 aromatic carbocycles. The summed E-state index contributed by atoms with van der Waals surface area (Å²) in [6, 6.07) is 6.69. The summed E-state index contributed by atoms with van der Waals surface area (Å²) in [6.07, 6.45) is -4.44. The molecule has 2 heterocycles.